The molecule has 0 saturated heterocycles. The molecule has 0 spiro atoms. The first-order chi connectivity index (χ1) is 9.19. The first-order valence-electron chi connectivity index (χ1n) is 6.60. The minimum Gasteiger partial charge on any atom is -0.497 e. The smallest absolute Gasteiger partial charge is 0.131 e. The van der Waals surface area contributed by atoms with Gasteiger partial charge in [0, 0.05) is 23.0 Å². The maximum Gasteiger partial charge on any atom is 0.131 e. The summed E-state index contributed by atoms with van der Waals surface area (Å²) in [6.07, 6.45) is 1.52. The van der Waals surface area contributed by atoms with E-state index in [-0.39, 0.29) is 11.8 Å². The van der Waals surface area contributed by atoms with Gasteiger partial charge in [-0.2, -0.15) is 0 Å². The number of methoxy groups -OCH3 is 1. The lowest BCUT2D eigenvalue weighted by atomic mass is 9.96. The molecule has 0 bridgehead atoms. The zero-order valence-corrected chi connectivity index (χ0v) is 11.2. The molecule has 2 N–H and O–H groups in total. The van der Waals surface area contributed by atoms with Gasteiger partial charge in [-0.05, 0) is 43.7 Å². The molecule has 1 unspecified atom stereocenters. The van der Waals surface area contributed by atoms with Crippen LogP contribution in [0.3, 0.4) is 0 Å². The normalized spacial score (nSPS) is 18.3. The average molecular weight is 258 g/mol. The van der Waals surface area contributed by atoms with Crippen LogP contribution in [0.5, 0.6) is 5.75 Å². The molecule has 4 heteroatoms. The van der Waals surface area contributed by atoms with Gasteiger partial charge in [-0.3, -0.25) is 4.79 Å². The van der Waals surface area contributed by atoms with Crippen LogP contribution < -0.4 is 10.1 Å². The van der Waals surface area contributed by atoms with Crippen LogP contribution in [0.2, 0.25) is 0 Å². The SMILES string of the molecule is COc1ccc2[nH]c3c(c2c1)CCNC3CC(C)=O. The van der Waals surface area contributed by atoms with Gasteiger partial charge in [0.15, 0.2) is 0 Å². The van der Waals surface area contributed by atoms with E-state index in [4.69, 9.17) is 4.74 Å². The fourth-order valence-corrected chi connectivity index (χ4v) is 2.88. The van der Waals surface area contributed by atoms with E-state index in [1.807, 2.05) is 12.1 Å². The second-order valence-corrected chi connectivity index (χ2v) is 5.09. The number of carbonyl (C=O) groups excluding carboxylic acids is 1. The molecular formula is C15H18N2O2. The van der Waals surface area contributed by atoms with Gasteiger partial charge >= 0.3 is 0 Å². The fourth-order valence-electron chi connectivity index (χ4n) is 2.88. The Labute approximate surface area is 112 Å². The molecule has 0 amide bonds. The lowest BCUT2D eigenvalue weighted by Crippen LogP contribution is -2.30. The predicted molar refractivity (Wildman–Crippen MR) is 74.6 cm³/mol. The summed E-state index contributed by atoms with van der Waals surface area (Å²) in [7, 11) is 1.68. The zero-order chi connectivity index (χ0) is 13.4. The van der Waals surface area contributed by atoms with Crippen LogP contribution in [-0.4, -0.2) is 24.4 Å². The standard InChI is InChI=1S/C15H18N2O2/c1-9(18)7-14-15-11(5-6-16-14)12-8-10(19-2)3-4-13(12)17-15/h3-4,8,14,16-17H,5-7H2,1-2H3. The van der Waals surface area contributed by atoms with Gasteiger partial charge < -0.3 is 15.0 Å². The molecule has 2 aromatic rings. The van der Waals surface area contributed by atoms with Crippen molar-refractivity contribution in [1.29, 1.82) is 0 Å². The van der Waals surface area contributed by atoms with Crippen molar-refractivity contribution in [2.45, 2.75) is 25.8 Å². The fraction of sp³-hybridized carbons (Fsp3) is 0.400. The molecule has 2 heterocycles. The van der Waals surface area contributed by atoms with Crippen molar-refractivity contribution < 1.29 is 9.53 Å². The maximum absolute atomic E-state index is 11.4. The molecule has 3 rings (SSSR count). The Morgan fingerprint density at radius 1 is 1.47 bits per heavy atom. The molecule has 1 aromatic carbocycles. The molecule has 19 heavy (non-hydrogen) atoms. The number of aromatic amines is 1. The highest BCUT2D eigenvalue weighted by Gasteiger charge is 2.24. The monoisotopic (exact) mass is 258 g/mol. The lowest BCUT2D eigenvalue weighted by molar-refractivity contribution is -0.117. The largest absolute Gasteiger partial charge is 0.497 e. The third kappa shape index (κ3) is 2.12. The van der Waals surface area contributed by atoms with Crippen LogP contribution in [0, 0.1) is 0 Å². The first kappa shape index (κ1) is 12.2. The van der Waals surface area contributed by atoms with Crippen molar-refractivity contribution in [1.82, 2.24) is 10.3 Å². The molecule has 0 fully saturated rings. The Morgan fingerprint density at radius 3 is 3.05 bits per heavy atom. The van der Waals surface area contributed by atoms with Crippen LogP contribution >= 0.6 is 0 Å². The molecule has 0 saturated carbocycles. The summed E-state index contributed by atoms with van der Waals surface area (Å²) in [6.45, 7) is 2.55. The van der Waals surface area contributed by atoms with Gasteiger partial charge in [-0.15, -0.1) is 0 Å². The molecule has 100 valence electrons. The number of aromatic nitrogens is 1. The molecular weight excluding hydrogens is 240 g/mol. The highest BCUT2D eigenvalue weighted by atomic mass is 16.5. The van der Waals surface area contributed by atoms with Gasteiger partial charge in [0.25, 0.3) is 0 Å². The molecule has 0 aliphatic carbocycles. The van der Waals surface area contributed by atoms with Gasteiger partial charge in [0.1, 0.15) is 11.5 Å². The van der Waals surface area contributed by atoms with Crippen LogP contribution in [-0.2, 0) is 11.2 Å². The quantitative estimate of drug-likeness (QED) is 0.888. The van der Waals surface area contributed by atoms with E-state index < -0.39 is 0 Å². The third-order valence-corrected chi connectivity index (χ3v) is 3.75. The van der Waals surface area contributed by atoms with Gasteiger partial charge in [-0.25, -0.2) is 0 Å². The topological polar surface area (TPSA) is 54.1 Å². The highest BCUT2D eigenvalue weighted by molar-refractivity contribution is 5.87. The summed E-state index contributed by atoms with van der Waals surface area (Å²) in [5, 5.41) is 4.63. The van der Waals surface area contributed by atoms with Gasteiger partial charge in [0.2, 0.25) is 0 Å². The Hall–Kier alpha value is -1.81. The summed E-state index contributed by atoms with van der Waals surface area (Å²) in [4.78, 5) is 14.8. The number of ether oxygens (including phenoxy) is 1. The van der Waals surface area contributed by atoms with Gasteiger partial charge in [-0.1, -0.05) is 0 Å². The van der Waals surface area contributed by atoms with Crippen LogP contribution in [0.1, 0.15) is 30.6 Å². The van der Waals surface area contributed by atoms with E-state index in [1.54, 1.807) is 14.0 Å². The second kappa shape index (κ2) is 4.70. The molecule has 1 aliphatic rings. The minimum absolute atomic E-state index is 0.111. The van der Waals surface area contributed by atoms with Crippen molar-refractivity contribution in [3.05, 3.63) is 29.5 Å². The number of Topliss-reactive ketones (excluding diaryl/α,β-unsaturated/α-hetero) is 1. The number of nitrogens with one attached hydrogen (secondary N) is 2. The summed E-state index contributed by atoms with van der Waals surface area (Å²) < 4.78 is 5.29. The van der Waals surface area contributed by atoms with E-state index in [9.17, 15) is 4.79 Å². The zero-order valence-electron chi connectivity index (χ0n) is 11.2. The van der Waals surface area contributed by atoms with Gasteiger partial charge in [0.05, 0.1) is 13.2 Å². The Bertz CT molecular complexity index is 630. The summed E-state index contributed by atoms with van der Waals surface area (Å²) in [5.74, 6) is 1.08. The third-order valence-electron chi connectivity index (χ3n) is 3.75. The number of fused-ring (bicyclic) bond motifs is 3. The van der Waals surface area contributed by atoms with Crippen molar-refractivity contribution in [2.75, 3.05) is 13.7 Å². The number of hydrogen-bond acceptors (Lipinski definition) is 3. The molecule has 0 radical (unpaired) electrons. The van der Waals surface area contributed by atoms with E-state index in [1.165, 1.54) is 10.9 Å². The molecule has 1 atom stereocenters. The number of rotatable bonds is 3. The number of ketones is 1. The second-order valence-electron chi connectivity index (χ2n) is 5.09. The molecule has 1 aliphatic heterocycles. The maximum atomic E-state index is 11.4. The van der Waals surface area contributed by atoms with Crippen molar-refractivity contribution in [2.24, 2.45) is 0 Å². The van der Waals surface area contributed by atoms with E-state index in [0.29, 0.717) is 6.42 Å². The lowest BCUT2D eigenvalue weighted by Gasteiger charge is -2.23. The van der Waals surface area contributed by atoms with Crippen molar-refractivity contribution >= 4 is 16.7 Å². The van der Waals surface area contributed by atoms with Crippen LogP contribution in [0.15, 0.2) is 18.2 Å². The molecule has 1 aromatic heterocycles. The van der Waals surface area contributed by atoms with Crippen LogP contribution in [0.4, 0.5) is 0 Å². The highest BCUT2D eigenvalue weighted by Crippen LogP contribution is 2.33. The first-order valence-corrected chi connectivity index (χ1v) is 6.60. The Balaban J connectivity index is 2.10. The summed E-state index contributed by atoms with van der Waals surface area (Å²) in [6, 6.07) is 6.18. The minimum atomic E-state index is 0.111. The van der Waals surface area contributed by atoms with Crippen molar-refractivity contribution in [3.8, 4) is 5.75 Å². The number of hydrogen-bond donors (Lipinski definition) is 2. The van der Waals surface area contributed by atoms with Crippen molar-refractivity contribution in [3.63, 3.8) is 0 Å². The number of benzene rings is 1. The Morgan fingerprint density at radius 2 is 2.32 bits per heavy atom. The predicted octanol–water partition coefficient (Wildman–Crippen LogP) is 2.34. The average Bonchev–Trinajstić information content (AvgIpc) is 2.77. The van der Waals surface area contributed by atoms with E-state index in [0.717, 1.165) is 29.9 Å². The summed E-state index contributed by atoms with van der Waals surface area (Å²) >= 11 is 0. The Kier molecular flexibility index (Phi) is 3.03. The number of carbonyl (C=O) groups is 1. The van der Waals surface area contributed by atoms with E-state index >= 15 is 0 Å². The van der Waals surface area contributed by atoms with Crippen LogP contribution in [0.25, 0.3) is 10.9 Å². The summed E-state index contributed by atoms with van der Waals surface area (Å²) in [5.41, 5.74) is 3.59. The molecule has 4 nitrogen and oxygen atoms in total. The number of H-pyrrole nitrogens is 1. The van der Waals surface area contributed by atoms with E-state index in [2.05, 4.69) is 16.4 Å².